The van der Waals surface area contributed by atoms with Crippen molar-refractivity contribution in [2.24, 2.45) is 5.92 Å². The fourth-order valence-electron chi connectivity index (χ4n) is 2.95. The summed E-state index contributed by atoms with van der Waals surface area (Å²) in [4.78, 5) is 27.9. The van der Waals surface area contributed by atoms with Gasteiger partial charge in [0.2, 0.25) is 5.89 Å². The first kappa shape index (κ1) is 19.3. The first-order valence-electron chi connectivity index (χ1n) is 8.87. The van der Waals surface area contributed by atoms with Crippen molar-refractivity contribution in [1.29, 1.82) is 0 Å². The summed E-state index contributed by atoms with van der Waals surface area (Å²) in [6, 6.07) is 11.0. The van der Waals surface area contributed by atoms with Gasteiger partial charge in [-0.05, 0) is 36.6 Å². The molecule has 3 rings (SSSR count). The maximum Gasteiger partial charge on any atom is 0.311 e. The number of nitro benzene ring substituents is 1. The van der Waals surface area contributed by atoms with Gasteiger partial charge in [-0.3, -0.25) is 14.9 Å². The zero-order valence-corrected chi connectivity index (χ0v) is 15.8. The number of para-hydroxylation sites is 2. The number of aromatic nitrogens is 1. The minimum atomic E-state index is -0.581. The second kappa shape index (κ2) is 8.08. The van der Waals surface area contributed by atoms with E-state index in [9.17, 15) is 14.9 Å². The molecule has 0 saturated heterocycles. The van der Waals surface area contributed by atoms with Crippen molar-refractivity contribution >= 4 is 22.7 Å². The predicted molar refractivity (Wildman–Crippen MR) is 103 cm³/mol. The molecule has 0 bridgehead atoms. The van der Waals surface area contributed by atoms with Gasteiger partial charge in [0.05, 0.1) is 12.0 Å². The smallest absolute Gasteiger partial charge is 0.311 e. The monoisotopic (exact) mass is 383 g/mol. The lowest BCUT2D eigenvalue weighted by Crippen LogP contribution is -2.29. The zero-order chi connectivity index (χ0) is 20.3. The van der Waals surface area contributed by atoms with Crippen LogP contribution in [0.1, 0.15) is 42.6 Å². The topological polar surface area (TPSA) is 108 Å². The summed E-state index contributed by atoms with van der Waals surface area (Å²) in [6.07, 6.45) is 0.608. The summed E-state index contributed by atoms with van der Waals surface area (Å²) >= 11 is 0. The molecule has 2 aromatic carbocycles. The average Bonchev–Trinajstić information content (AvgIpc) is 3.10. The number of nitro groups is 1. The van der Waals surface area contributed by atoms with Crippen LogP contribution in [-0.2, 0) is 0 Å². The number of rotatable bonds is 7. The average molecular weight is 383 g/mol. The van der Waals surface area contributed by atoms with E-state index in [4.69, 9.17) is 9.15 Å². The molecule has 0 aliphatic heterocycles. The molecule has 1 heterocycles. The fraction of sp³-hybridized carbons (Fsp3) is 0.300. The van der Waals surface area contributed by atoms with Gasteiger partial charge < -0.3 is 14.5 Å². The van der Waals surface area contributed by atoms with Gasteiger partial charge in [-0.1, -0.05) is 26.0 Å². The lowest BCUT2D eigenvalue weighted by molar-refractivity contribution is -0.385. The highest BCUT2D eigenvalue weighted by atomic mass is 16.6. The van der Waals surface area contributed by atoms with Crippen molar-refractivity contribution in [2.75, 3.05) is 7.11 Å². The molecule has 8 heteroatoms. The van der Waals surface area contributed by atoms with Crippen LogP contribution in [0.3, 0.4) is 0 Å². The van der Waals surface area contributed by atoms with Crippen molar-refractivity contribution < 1.29 is 18.9 Å². The highest BCUT2D eigenvalue weighted by Crippen LogP contribution is 2.29. The Kier molecular flexibility index (Phi) is 5.58. The van der Waals surface area contributed by atoms with Gasteiger partial charge in [0.15, 0.2) is 11.3 Å². The normalized spacial score (nSPS) is 12.1. The third-order valence-corrected chi connectivity index (χ3v) is 4.26. The van der Waals surface area contributed by atoms with E-state index in [0.29, 0.717) is 23.4 Å². The molecule has 8 nitrogen and oxygen atoms in total. The summed E-state index contributed by atoms with van der Waals surface area (Å²) in [6.45, 7) is 4.06. The summed E-state index contributed by atoms with van der Waals surface area (Å²) in [5.41, 5.74) is 1.25. The van der Waals surface area contributed by atoms with Crippen molar-refractivity contribution in [1.82, 2.24) is 10.3 Å². The van der Waals surface area contributed by atoms with E-state index in [1.807, 2.05) is 38.1 Å². The van der Waals surface area contributed by atoms with E-state index in [1.165, 1.54) is 25.3 Å². The minimum absolute atomic E-state index is 0.0965. The molecule has 0 aliphatic rings. The van der Waals surface area contributed by atoms with E-state index in [2.05, 4.69) is 10.3 Å². The van der Waals surface area contributed by atoms with Gasteiger partial charge in [0, 0.05) is 11.6 Å². The summed E-state index contributed by atoms with van der Waals surface area (Å²) in [5.74, 6) is 0.328. The van der Waals surface area contributed by atoms with Crippen LogP contribution in [0.2, 0.25) is 0 Å². The van der Waals surface area contributed by atoms with Gasteiger partial charge in [-0.15, -0.1) is 0 Å². The SMILES string of the molecule is COc1ccc(C(=O)N[C@@H](CC(C)C)c2nc3ccccc3o2)cc1[N+](=O)[O-]. The van der Waals surface area contributed by atoms with Gasteiger partial charge >= 0.3 is 5.69 Å². The van der Waals surface area contributed by atoms with E-state index in [0.717, 1.165) is 0 Å². The predicted octanol–water partition coefficient (Wildman–Crippen LogP) is 4.26. The van der Waals surface area contributed by atoms with Crippen molar-refractivity contribution in [3.63, 3.8) is 0 Å². The fourth-order valence-corrected chi connectivity index (χ4v) is 2.95. The quantitative estimate of drug-likeness (QED) is 0.482. The van der Waals surface area contributed by atoms with Gasteiger partial charge in [0.1, 0.15) is 11.6 Å². The largest absolute Gasteiger partial charge is 0.490 e. The van der Waals surface area contributed by atoms with E-state index < -0.39 is 16.9 Å². The molecule has 28 heavy (non-hydrogen) atoms. The van der Waals surface area contributed by atoms with Crippen molar-refractivity contribution in [3.05, 3.63) is 64.0 Å². The number of fused-ring (bicyclic) bond motifs is 1. The van der Waals surface area contributed by atoms with Crippen molar-refractivity contribution in [3.8, 4) is 5.75 Å². The summed E-state index contributed by atoms with van der Waals surface area (Å²) in [7, 11) is 1.34. The number of hydrogen-bond donors (Lipinski definition) is 1. The Hall–Kier alpha value is -3.42. The number of nitrogens with one attached hydrogen (secondary N) is 1. The number of methoxy groups -OCH3 is 1. The van der Waals surface area contributed by atoms with Crippen molar-refractivity contribution in [2.45, 2.75) is 26.3 Å². The Morgan fingerprint density at radius 1 is 1.29 bits per heavy atom. The van der Waals surface area contributed by atoms with Crippen LogP contribution in [0.4, 0.5) is 5.69 Å². The van der Waals surface area contributed by atoms with Crippen LogP contribution >= 0.6 is 0 Å². The lowest BCUT2D eigenvalue weighted by Gasteiger charge is -2.17. The number of nitrogens with zero attached hydrogens (tertiary/aromatic N) is 2. The molecule has 1 atom stereocenters. The van der Waals surface area contributed by atoms with Crippen LogP contribution in [0.5, 0.6) is 5.75 Å². The van der Waals surface area contributed by atoms with Crippen LogP contribution in [0, 0.1) is 16.0 Å². The number of oxazole rings is 1. The molecular weight excluding hydrogens is 362 g/mol. The van der Waals surface area contributed by atoms with Crippen LogP contribution in [0.15, 0.2) is 46.9 Å². The molecule has 0 saturated carbocycles. The molecule has 1 N–H and O–H groups in total. The minimum Gasteiger partial charge on any atom is -0.490 e. The molecular formula is C20H21N3O5. The maximum absolute atomic E-state index is 12.8. The summed E-state index contributed by atoms with van der Waals surface area (Å²) in [5, 5.41) is 14.1. The Labute approximate surface area is 161 Å². The molecule has 0 fully saturated rings. The molecule has 0 radical (unpaired) electrons. The van der Waals surface area contributed by atoms with Gasteiger partial charge in [-0.25, -0.2) is 4.98 Å². The number of hydrogen-bond acceptors (Lipinski definition) is 6. The van der Waals surface area contributed by atoms with E-state index >= 15 is 0 Å². The third kappa shape index (κ3) is 4.11. The Bertz CT molecular complexity index is 979. The molecule has 3 aromatic rings. The highest BCUT2D eigenvalue weighted by Gasteiger charge is 2.24. The lowest BCUT2D eigenvalue weighted by atomic mass is 10.0. The molecule has 1 aromatic heterocycles. The Morgan fingerprint density at radius 3 is 2.68 bits per heavy atom. The first-order chi connectivity index (χ1) is 13.4. The molecule has 0 aliphatic carbocycles. The number of ether oxygens (including phenoxy) is 1. The Balaban J connectivity index is 1.89. The number of amides is 1. The highest BCUT2D eigenvalue weighted by molar-refractivity contribution is 5.95. The molecule has 0 unspecified atom stereocenters. The van der Waals surface area contributed by atoms with E-state index in [-0.39, 0.29) is 22.9 Å². The molecule has 0 spiro atoms. The third-order valence-electron chi connectivity index (χ3n) is 4.26. The maximum atomic E-state index is 12.8. The number of carbonyl (C=O) groups excluding carboxylic acids is 1. The second-order valence-electron chi connectivity index (χ2n) is 6.82. The van der Waals surface area contributed by atoms with Crippen LogP contribution in [-0.4, -0.2) is 22.9 Å². The molecule has 1 amide bonds. The van der Waals surface area contributed by atoms with Gasteiger partial charge in [-0.2, -0.15) is 0 Å². The number of carbonyl (C=O) groups is 1. The zero-order valence-electron chi connectivity index (χ0n) is 15.8. The molecule has 146 valence electrons. The van der Waals surface area contributed by atoms with Gasteiger partial charge in [0.25, 0.3) is 5.91 Å². The first-order valence-corrected chi connectivity index (χ1v) is 8.87. The van der Waals surface area contributed by atoms with E-state index in [1.54, 1.807) is 0 Å². The standard InChI is InChI=1S/C20H21N3O5/c1-12(2)10-15(20-22-14-6-4-5-7-17(14)28-20)21-19(24)13-8-9-18(27-3)16(11-13)23(25)26/h4-9,11-12,15H,10H2,1-3H3,(H,21,24)/t15-/m0/s1. The second-order valence-corrected chi connectivity index (χ2v) is 6.82. The van der Waals surface area contributed by atoms with Crippen LogP contribution < -0.4 is 10.1 Å². The Morgan fingerprint density at radius 2 is 2.04 bits per heavy atom. The number of benzene rings is 2. The van der Waals surface area contributed by atoms with Crippen LogP contribution in [0.25, 0.3) is 11.1 Å². The summed E-state index contributed by atoms with van der Waals surface area (Å²) < 4.78 is 10.8.